The Hall–Kier alpha value is -1.56. The van der Waals surface area contributed by atoms with Crippen molar-refractivity contribution in [3.63, 3.8) is 0 Å². The average Bonchev–Trinajstić information content (AvgIpc) is 2.64. The maximum absolute atomic E-state index is 12.6. The van der Waals surface area contributed by atoms with Crippen molar-refractivity contribution >= 4 is 38.9 Å². The molecule has 0 aliphatic carbocycles. The van der Waals surface area contributed by atoms with Gasteiger partial charge in [0.2, 0.25) is 5.95 Å². The van der Waals surface area contributed by atoms with E-state index in [4.69, 9.17) is 10.5 Å². The van der Waals surface area contributed by atoms with E-state index in [9.17, 15) is 4.79 Å². The van der Waals surface area contributed by atoms with Gasteiger partial charge in [0.15, 0.2) is 0 Å². The molecule has 2 N–H and O–H groups in total. The lowest BCUT2D eigenvalue weighted by molar-refractivity contribution is -0.160. The summed E-state index contributed by atoms with van der Waals surface area (Å²) < 4.78 is 8.24. The second-order valence-electron chi connectivity index (χ2n) is 6.70. The average molecular weight is 368 g/mol. The normalized spacial score (nSPS) is 13.6. The quantitative estimate of drug-likeness (QED) is 0.834. The van der Waals surface area contributed by atoms with Crippen molar-refractivity contribution in [1.29, 1.82) is 0 Å². The lowest BCUT2D eigenvalue weighted by Gasteiger charge is -2.27. The van der Waals surface area contributed by atoms with Crippen molar-refractivity contribution in [1.82, 2.24) is 9.55 Å². The second-order valence-corrected chi connectivity index (χ2v) is 7.61. The molecule has 0 fully saturated rings. The highest BCUT2D eigenvalue weighted by Gasteiger charge is 2.32. The van der Waals surface area contributed by atoms with E-state index in [1.807, 2.05) is 52.8 Å². The number of carbonyl (C=O) groups is 1. The van der Waals surface area contributed by atoms with Gasteiger partial charge in [0, 0.05) is 4.47 Å². The van der Waals surface area contributed by atoms with E-state index in [1.54, 1.807) is 4.57 Å². The molecule has 0 aliphatic rings. The molecule has 22 heavy (non-hydrogen) atoms. The second kappa shape index (κ2) is 5.91. The summed E-state index contributed by atoms with van der Waals surface area (Å²) in [7, 11) is 0. The molecule has 1 heterocycles. The van der Waals surface area contributed by atoms with Crippen molar-refractivity contribution in [2.24, 2.45) is 5.92 Å². The Bertz CT molecular complexity index is 701. The highest BCUT2D eigenvalue weighted by Crippen LogP contribution is 2.31. The van der Waals surface area contributed by atoms with Crippen molar-refractivity contribution in [2.75, 3.05) is 5.73 Å². The molecular formula is C16H22BrN3O2. The molecule has 2 rings (SSSR count). The number of imidazole rings is 1. The molecule has 1 atom stereocenters. The first-order valence-electron chi connectivity index (χ1n) is 7.26. The van der Waals surface area contributed by atoms with Crippen LogP contribution in [-0.4, -0.2) is 21.1 Å². The summed E-state index contributed by atoms with van der Waals surface area (Å²) in [5, 5.41) is 0. The Balaban J connectivity index is 2.56. The summed E-state index contributed by atoms with van der Waals surface area (Å²) in [5.41, 5.74) is 7.10. The molecule has 120 valence electrons. The van der Waals surface area contributed by atoms with Gasteiger partial charge in [-0.1, -0.05) is 29.8 Å². The van der Waals surface area contributed by atoms with Crippen molar-refractivity contribution in [2.45, 2.75) is 46.3 Å². The van der Waals surface area contributed by atoms with E-state index in [0.717, 1.165) is 15.5 Å². The fourth-order valence-electron chi connectivity index (χ4n) is 2.41. The fourth-order valence-corrected chi connectivity index (χ4v) is 2.76. The van der Waals surface area contributed by atoms with E-state index in [1.165, 1.54) is 0 Å². The molecule has 2 aromatic rings. The highest BCUT2D eigenvalue weighted by atomic mass is 79.9. The van der Waals surface area contributed by atoms with Crippen molar-refractivity contribution in [3.05, 3.63) is 22.7 Å². The van der Waals surface area contributed by atoms with E-state index < -0.39 is 11.6 Å². The number of benzene rings is 1. The fraction of sp³-hybridized carbons (Fsp3) is 0.500. The number of aromatic nitrogens is 2. The van der Waals surface area contributed by atoms with Gasteiger partial charge in [-0.25, -0.2) is 9.78 Å². The predicted octanol–water partition coefficient (Wildman–Crippen LogP) is 3.92. The first kappa shape index (κ1) is 16.8. The van der Waals surface area contributed by atoms with Gasteiger partial charge < -0.3 is 10.5 Å². The third-order valence-electron chi connectivity index (χ3n) is 3.24. The summed E-state index contributed by atoms with van der Waals surface area (Å²) in [6.07, 6.45) is 0. The van der Waals surface area contributed by atoms with Crippen LogP contribution in [0.3, 0.4) is 0 Å². The molecule has 0 saturated carbocycles. The van der Waals surface area contributed by atoms with Crippen LogP contribution in [-0.2, 0) is 9.53 Å². The number of nitrogens with two attached hydrogens (primary N) is 1. The van der Waals surface area contributed by atoms with Gasteiger partial charge in [0.1, 0.15) is 11.6 Å². The number of ether oxygens (including phenoxy) is 1. The monoisotopic (exact) mass is 367 g/mol. The van der Waals surface area contributed by atoms with Crippen LogP contribution < -0.4 is 5.73 Å². The lowest BCUT2D eigenvalue weighted by atomic mass is 10.0. The van der Waals surface area contributed by atoms with E-state index in [0.29, 0.717) is 5.95 Å². The molecule has 0 aliphatic heterocycles. The zero-order valence-electron chi connectivity index (χ0n) is 13.6. The summed E-state index contributed by atoms with van der Waals surface area (Å²) in [6, 6.07) is 5.17. The van der Waals surface area contributed by atoms with Gasteiger partial charge in [-0.05, 0) is 44.9 Å². The number of esters is 1. The number of anilines is 1. The topological polar surface area (TPSA) is 70.1 Å². The van der Waals surface area contributed by atoms with E-state index in [2.05, 4.69) is 20.9 Å². The first-order valence-corrected chi connectivity index (χ1v) is 8.05. The molecule has 6 heteroatoms. The summed E-state index contributed by atoms with van der Waals surface area (Å²) in [6.45, 7) is 9.51. The number of hydrogen-bond donors (Lipinski definition) is 1. The SMILES string of the molecule is CC(C)[C@H](C(=O)OC(C)(C)C)n1c(N)nc2ccc(Br)cc21. The number of nitrogen functional groups attached to an aromatic ring is 1. The zero-order valence-corrected chi connectivity index (χ0v) is 15.1. The molecule has 0 bridgehead atoms. The molecule has 1 aromatic carbocycles. The maximum Gasteiger partial charge on any atom is 0.330 e. The van der Waals surface area contributed by atoms with Crippen LogP contribution in [0.4, 0.5) is 5.95 Å². The smallest absolute Gasteiger partial charge is 0.330 e. The Morgan fingerprint density at radius 1 is 1.36 bits per heavy atom. The Morgan fingerprint density at radius 3 is 2.55 bits per heavy atom. The lowest BCUT2D eigenvalue weighted by Crippen LogP contribution is -2.33. The van der Waals surface area contributed by atoms with Crippen LogP contribution in [0.5, 0.6) is 0 Å². The number of carbonyl (C=O) groups excluding carboxylic acids is 1. The molecule has 0 radical (unpaired) electrons. The van der Waals surface area contributed by atoms with Gasteiger partial charge in [-0.3, -0.25) is 4.57 Å². The number of halogens is 1. The molecule has 0 saturated heterocycles. The Morgan fingerprint density at radius 2 is 2.00 bits per heavy atom. The van der Waals surface area contributed by atoms with Crippen LogP contribution in [0.1, 0.15) is 40.7 Å². The number of nitrogens with zero attached hydrogens (tertiary/aromatic N) is 2. The highest BCUT2D eigenvalue weighted by molar-refractivity contribution is 9.10. The summed E-state index contributed by atoms with van der Waals surface area (Å²) in [5.74, 6) is 0.0414. The summed E-state index contributed by atoms with van der Waals surface area (Å²) in [4.78, 5) is 17.0. The Labute approximate surface area is 139 Å². The minimum absolute atomic E-state index is 0.0218. The minimum atomic E-state index is -0.546. The van der Waals surface area contributed by atoms with Gasteiger partial charge in [0.25, 0.3) is 0 Å². The van der Waals surface area contributed by atoms with Crippen LogP contribution in [0.15, 0.2) is 22.7 Å². The van der Waals surface area contributed by atoms with Crippen LogP contribution in [0.2, 0.25) is 0 Å². The standard InChI is InChI=1S/C16H22BrN3O2/c1-9(2)13(14(21)22-16(3,4)5)20-12-8-10(17)6-7-11(12)19-15(20)18/h6-9,13H,1-5H3,(H2,18,19)/t13-/m1/s1. The largest absolute Gasteiger partial charge is 0.458 e. The van der Waals surface area contributed by atoms with Gasteiger partial charge in [-0.15, -0.1) is 0 Å². The van der Waals surface area contributed by atoms with Gasteiger partial charge in [0.05, 0.1) is 11.0 Å². The molecular weight excluding hydrogens is 346 g/mol. The van der Waals surface area contributed by atoms with Crippen LogP contribution in [0, 0.1) is 5.92 Å². The maximum atomic E-state index is 12.6. The van der Waals surface area contributed by atoms with Gasteiger partial charge in [-0.2, -0.15) is 0 Å². The third kappa shape index (κ3) is 3.43. The Kier molecular flexibility index (Phi) is 4.52. The van der Waals surface area contributed by atoms with Crippen molar-refractivity contribution in [3.8, 4) is 0 Å². The van der Waals surface area contributed by atoms with E-state index in [-0.39, 0.29) is 11.9 Å². The molecule has 0 unspecified atom stereocenters. The van der Waals surface area contributed by atoms with Crippen molar-refractivity contribution < 1.29 is 9.53 Å². The number of fused-ring (bicyclic) bond motifs is 1. The molecule has 1 aromatic heterocycles. The van der Waals surface area contributed by atoms with Gasteiger partial charge >= 0.3 is 5.97 Å². The molecule has 5 nitrogen and oxygen atoms in total. The number of hydrogen-bond acceptors (Lipinski definition) is 4. The van der Waals surface area contributed by atoms with Crippen LogP contribution >= 0.6 is 15.9 Å². The molecule has 0 amide bonds. The minimum Gasteiger partial charge on any atom is -0.458 e. The third-order valence-corrected chi connectivity index (χ3v) is 3.73. The molecule has 0 spiro atoms. The zero-order chi connectivity index (χ0) is 16.7. The predicted molar refractivity (Wildman–Crippen MR) is 91.6 cm³/mol. The summed E-state index contributed by atoms with van der Waals surface area (Å²) >= 11 is 3.45. The number of rotatable bonds is 3. The van der Waals surface area contributed by atoms with E-state index >= 15 is 0 Å². The van der Waals surface area contributed by atoms with Crippen LogP contribution in [0.25, 0.3) is 11.0 Å². The first-order chi connectivity index (χ1) is 10.1.